The molecular formula is C8H15F2NO3. The molecule has 1 unspecified atom stereocenters. The summed E-state index contributed by atoms with van der Waals surface area (Å²) < 4.78 is 29.3. The SMILES string of the molecule is COC(=O)C(C)CNCC(F)(F)CO. The van der Waals surface area contributed by atoms with E-state index in [1.807, 2.05) is 0 Å². The standard InChI is InChI=1S/C8H15F2NO3/c1-6(7(13)14-2)3-11-4-8(9,10)5-12/h6,11-12H,3-5H2,1-2H3. The van der Waals surface area contributed by atoms with E-state index in [0.717, 1.165) is 0 Å². The quantitative estimate of drug-likeness (QED) is 0.608. The molecule has 0 heterocycles. The van der Waals surface area contributed by atoms with Crippen molar-refractivity contribution in [1.82, 2.24) is 5.32 Å². The number of methoxy groups -OCH3 is 1. The summed E-state index contributed by atoms with van der Waals surface area (Å²) in [5, 5.41) is 10.6. The van der Waals surface area contributed by atoms with Gasteiger partial charge in [0.15, 0.2) is 0 Å². The summed E-state index contributed by atoms with van der Waals surface area (Å²) in [5.41, 5.74) is 0. The Morgan fingerprint density at radius 1 is 1.64 bits per heavy atom. The summed E-state index contributed by atoms with van der Waals surface area (Å²) in [6, 6.07) is 0. The molecule has 1 atom stereocenters. The predicted molar refractivity (Wildman–Crippen MR) is 46.1 cm³/mol. The number of carbonyl (C=O) groups is 1. The van der Waals surface area contributed by atoms with Crippen LogP contribution in [0, 0.1) is 5.92 Å². The molecule has 0 radical (unpaired) electrons. The van der Waals surface area contributed by atoms with Crippen LogP contribution < -0.4 is 5.32 Å². The monoisotopic (exact) mass is 211 g/mol. The number of nitrogens with one attached hydrogen (secondary N) is 1. The van der Waals surface area contributed by atoms with Crippen molar-refractivity contribution in [3.63, 3.8) is 0 Å². The van der Waals surface area contributed by atoms with Gasteiger partial charge in [0.2, 0.25) is 0 Å². The average Bonchev–Trinajstić information content (AvgIpc) is 2.16. The van der Waals surface area contributed by atoms with Crippen LogP contribution in [0.1, 0.15) is 6.92 Å². The molecule has 0 aromatic heterocycles. The number of carbonyl (C=O) groups excluding carboxylic acids is 1. The maximum absolute atomic E-state index is 12.5. The Bertz CT molecular complexity index is 187. The molecule has 0 aliphatic rings. The number of hydrogen-bond donors (Lipinski definition) is 2. The summed E-state index contributed by atoms with van der Waals surface area (Å²) in [4.78, 5) is 10.8. The van der Waals surface area contributed by atoms with Gasteiger partial charge in [-0.2, -0.15) is 0 Å². The summed E-state index contributed by atoms with van der Waals surface area (Å²) in [6.07, 6.45) is 0. The highest BCUT2D eigenvalue weighted by molar-refractivity contribution is 5.71. The highest BCUT2D eigenvalue weighted by Crippen LogP contribution is 2.09. The van der Waals surface area contributed by atoms with Crippen molar-refractivity contribution in [2.24, 2.45) is 5.92 Å². The molecule has 0 bridgehead atoms. The van der Waals surface area contributed by atoms with Crippen molar-refractivity contribution in [3.05, 3.63) is 0 Å². The van der Waals surface area contributed by atoms with Crippen molar-refractivity contribution >= 4 is 5.97 Å². The molecule has 84 valence electrons. The van der Waals surface area contributed by atoms with E-state index in [1.165, 1.54) is 7.11 Å². The van der Waals surface area contributed by atoms with Crippen LogP contribution in [0.4, 0.5) is 8.78 Å². The molecule has 0 amide bonds. The normalized spacial score (nSPS) is 13.8. The second-order valence-electron chi connectivity index (χ2n) is 3.07. The van der Waals surface area contributed by atoms with Gasteiger partial charge in [-0.25, -0.2) is 8.78 Å². The Hall–Kier alpha value is -0.750. The van der Waals surface area contributed by atoms with E-state index in [2.05, 4.69) is 10.1 Å². The number of halogens is 2. The fourth-order valence-electron chi connectivity index (χ4n) is 0.812. The number of hydrogen-bond acceptors (Lipinski definition) is 4. The van der Waals surface area contributed by atoms with Gasteiger partial charge in [-0.15, -0.1) is 0 Å². The van der Waals surface area contributed by atoms with Crippen LogP contribution in [0.2, 0.25) is 0 Å². The smallest absolute Gasteiger partial charge is 0.309 e. The lowest BCUT2D eigenvalue weighted by molar-refractivity contribution is -0.144. The number of rotatable bonds is 6. The Morgan fingerprint density at radius 3 is 2.64 bits per heavy atom. The van der Waals surface area contributed by atoms with Crippen LogP contribution in [0.5, 0.6) is 0 Å². The Morgan fingerprint density at radius 2 is 2.21 bits per heavy atom. The minimum absolute atomic E-state index is 0.0995. The first-order valence-corrected chi connectivity index (χ1v) is 4.20. The zero-order valence-corrected chi connectivity index (χ0v) is 8.22. The Labute approximate surface area is 81.2 Å². The number of aliphatic hydroxyl groups is 1. The van der Waals surface area contributed by atoms with Crippen molar-refractivity contribution in [2.75, 3.05) is 26.8 Å². The van der Waals surface area contributed by atoms with Gasteiger partial charge in [-0.05, 0) is 0 Å². The molecule has 0 fully saturated rings. The highest BCUT2D eigenvalue weighted by atomic mass is 19.3. The Balaban J connectivity index is 3.69. The third kappa shape index (κ3) is 5.08. The van der Waals surface area contributed by atoms with E-state index >= 15 is 0 Å². The maximum atomic E-state index is 12.5. The molecular weight excluding hydrogens is 196 g/mol. The summed E-state index contributed by atoms with van der Waals surface area (Å²) in [7, 11) is 1.24. The lowest BCUT2D eigenvalue weighted by atomic mass is 10.2. The molecule has 0 saturated heterocycles. The molecule has 0 aromatic carbocycles. The summed E-state index contributed by atoms with van der Waals surface area (Å²) in [6.45, 7) is -0.185. The predicted octanol–water partition coefficient (Wildman–Crippen LogP) is 0.0127. The molecule has 2 N–H and O–H groups in total. The van der Waals surface area contributed by atoms with Gasteiger partial charge in [0.1, 0.15) is 6.61 Å². The first kappa shape index (κ1) is 13.2. The Kier molecular flexibility index (Phi) is 5.56. The maximum Gasteiger partial charge on any atom is 0.309 e. The van der Waals surface area contributed by atoms with E-state index in [-0.39, 0.29) is 6.54 Å². The second-order valence-corrected chi connectivity index (χ2v) is 3.07. The second kappa shape index (κ2) is 5.87. The molecule has 0 aliphatic carbocycles. The third-order valence-electron chi connectivity index (χ3n) is 1.67. The third-order valence-corrected chi connectivity index (χ3v) is 1.67. The van der Waals surface area contributed by atoms with Crippen LogP contribution in [0.25, 0.3) is 0 Å². The fourth-order valence-corrected chi connectivity index (χ4v) is 0.812. The van der Waals surface area contributed by atoms with E-state index < -0.39 is 31.0 Å². The number of aliphatic hydroxyl groups excluding tert-OH is 1. The van der Waals surface area contributed by atoms with E-state index in [4.69, 9.17) is 5.11 Å². The van der Waals surface area contributed by atoms with Gasteiger partial charge in [0.25, 0.3) is 5.92 Å². The summed E-state index contributed by atoms with van der Waals surface area (Å²) >= 11 is 0. The van der Waals surface area contributed by atoms with Crippen LogP contribution in [-0.2, 0) is 9.53 Å². The number of ether oxygens (including phenoxy) is 1. The van der Waals surface area contributed by atoms with Crippen molar-refractivity contribution in [1.29, 1.82) is 0 Å². The fraction of sp³-hybridized carbons (Fsp3) is 0.875. The highest BCUT2D eigenvalue weighted by Gasteiger charge is 2.27. The van der Waals surface area contributed by atoms with Gasteiger partial charge in [0.05, 0.1) is 19.6 Å². The van der Waals surface area contributed by atoms with Crippen molar-refractivity contribution in [3.8, 4) is 0 Å². The van der Waals surface area contributed by atoms with Crippen LogP contribution in [0.15, 0.2) is 0 Å². The van der Waals surface area contributed by atoms with E-state index in [1.54, 1.807) is 6.92 Å². The minimum Gasteiger partial charge on any atom is -0.469 e. The summed E-state index contributed by atoms with van der Waals surface area (Å²) in [5.74, 6) is -4.07. The van der Waals surface area contributed by atoms with Crippen LogP contribution in [0.3, 0.4) is 0 Å². The number of esters is 1. The lowest BCUT2D eigenvalue weighted by Crippen LogP contribution is -2.39. The molecule has 0 saturated carbocycles. The van der Waals surface area contributed by atoms with Gasteiger partial charge >= 0.3 is 5.97 Å². The lowest BCUT2D eigenvalue weighted by Gasteiger charge is -2.15. The minimum atomic E-state index is -3.14. The molecule has 6 heteroatoms. The number of alkyl halides is 2. The van der Waals surface area contributed by atoms with Gasteiger partial charge in [-0.1, -0.05) is 6.92 Å². The van der Waals surface area contributed by atoms with Crippen molar-refractivity contribution < 1.29 is 23.4 Å². The van der Waals surface area contributed by atoms with Gasteiger partial charge in [-0.3, -0.25) is 4.79 Å². The van der Waals surface area contributed by atoms with E-state index in [0.29, 0.717) is 0 Å². The first-order chi connectivity index (χ1) is 6.43. The molecule has 0 spiro atoms. The topological polar surface area (TPSA) is 58.6 Å². The van der Waals surface area contributed by atoms with Crippen LogP contribution >= 0.6 is 0 Å². The molecule has 14 heavy (non-hydrogen) atoms. The van der Waals surface area contributed by atoms with Gasteiger partial charge < -0.3 is 15.2 Å². The van der Waals surface area contributed by atoms with Crippen LogP contribution in [-0.4, -0.2) is 43.8 Å². The molecule has 0 aromatic rings. The van der Waals surface area contributed by atoms with Crippen molar-refractivity contribution in [2.45, 2.75) is 12.8 Å². The largest absolute Gasteiger partial charge is 0.469 e. The zero-order valence-electron chi connectivity index (χ0n) is 8.22. The first-order valence-electron chi connectivity index (χ1n) is 4.20. The average molecular weight is 211 g/mol. The molecule has 4 nitrogen and oxygen atoms in total. The van der Waals surface area contributed by atoms with Gasteiger partial charge in [0, 0.05) is 6.54 Å². The zero-order chi connectivity index (χ0) is 11.2. The molecule has 0 rings (SSSR count). The van der Waals surface area contributed by atoms with E-state index in [9.17, 15) is 13.6 Å². The molecule has 0 aliphatic heterocycles.